The highest BCUT2D eigenvalue weighted by Crippen LogP contribution is 2.71. The van der Waals surface area contributed by atoms with Gasteiger partial charge in [-0.3, -0.25) is 14.4 Å². The lowest BCUT2D eigenvalue weighted by Crippen LogP contribution is -2.57. The first kappa shape index (κ1) is 23.4. The maximum atomic E-state index is 13.7. The van der Waals surface area contributed by atoms with E-state index in [2.05, 4.69) is 17.6 Å². The monoisotopic (exact) mass is 439 g/mol. The minimum atomic E-state index is -0.548. The van der Waals surface area contributed by atoms with E-state index in [0.29, 0.717) is 6.54 Å². The van der Waals surface area contributed by atoms with Crippen LogP contribution in [0.2, 0.25) is 0 Å². The molecule has 3 aliphatic rings. The summed E-state index contributed by atoms with van der Waals surface area (Å²) in [6.07, 6.45) is 4.96. The smallest absolute Gasteiger partial charge is 0.244 e. The highest BCUT2D eigenvalue weighted by atomic mass is 32.2. The highest BCUT2D eigenvalue weighted by molar-refractivity contribution is 8.02. The second-order valence-corrected chi connectivity index (χ2v) is 12.1. The molecule has 3 N–H and O–H groups in total. The summed E-state index contributed by atoms with van der Waals surface area (Å²) in [5.41, 5.74) is -0.396. The predicted octanol–water partition coefficient (Wildman–Crippen LogP) is 1.68. The highest BCUT2D eigenvalue weighted by Gasteiger charge is 2.76. The summed E-state index contributed by atoms with van der Waals surface area (Å²) in [5.74, 6) is -1.10. The number of aliphatic hydroxyl groups is 1. The van der Waals surface area contributed by atoms with Crippen molar-refractivity contribution < 1.29 is 19.5 Å². The van der Waals surface area contributed by atoms with Gasteiger partial charge in [0.15, 0.2) is 0 Å². The zero-order valence-electron chi connectivity index (χ0n) is 18.9. The number of unbranched alkanes of at least 4 members (excludes halogenated alkanes) is 3. The van der Waals surface area contributed by atoms with Crippen LogP contribution in [0.15, 0.2) is 0 Å². The molecule has 3 amide bonds. The molecule has 2 unspecified atom stereocenters. The second-order valence-electron chi connectivity index (χ2n) is 10.3. The zero-order chi connectivity index (χ0) is 22.3. The number of nitrogens with one attached hydrogen (secondary N) is 2. The normalized spacial score (nSPS) is 34.9. The fourth-order valence-electron chi connectivity index (χ4n) is 5.71. The molecule has 0 saturated carbocycles. The molecule has 0 aromatic rings. The van der Waals surface area contributed by atoms with E-state index in [0.717, 1.165) is 38.5 Å². The third-order valence-electron chi connectivity index (χ3n) is 6.86. The molecule has 2 bridgehead atoms. The van der Waals surface area contributed by atoms with Crippen molar-refractivity contribution in [2.75, 3.05) is 20.2 Å². The van der Waals surface area contributed by atoms with Crippen LogP contribution < -0.4 is 10.6 Å². The standard InChI is InChI=1S/C22H37N3O4S/c1-20(2,3)24-18(28)16-22-11-10-21(4,30-22)14(17(27)23-5)15(22)19(29)25(16)12-8-6-7-9-13-26/h14-16,26H,6-13H2,1-5H3,(H,23,27)(H,24,28)/t14-,15-,16?,21+,22?/m0/s1. The van der Waals surface area contributed by atoms with Gasteiger partial charge in [-0.05, 0) is 53.4 Å². The summed E-state index contributed by atoms with van der Waals surface area (Å²) in [6, 6.07) is -0.548. The van der Waals surface area contributed by atoms with Crippen molar-refractivity contribution >= 4 is 29.5 Å². The van der Waals surface area contributed by atoms with Crippen LogP contribution in [0.1, 0.15) is 66.2 Å². The molecule has 1 spiro atoms. The number of hydrogen-bond donors (Lipinski definition) is 3. The Morgan fingerprint density at radius 2 is 1.83 bits per heavy atom. The van der Waals surface area contributed by atoms with Gasteiger partial charge >= 0.3 is 0 Å². The van der Waals surface area contributed by atoms with Gasteiger partial charge in [-0.25, -0.2) is 0 Å². The number of carbonyl (C=O) groups excluding carboxylic acids is 3. The summed E-state index contributed by atoms with van der Waals surface area (Å²) in [4.78, 5) is 41.7. The summed E-state index contributed by atoms with van der Waals surface area (Å²) < 4.78 is -0.850. The molecule has 5 atom stereocenters. The molecule has 7 nitrogen and oxygen atoms in total. The van der Waals surface area contributed by atoms with Gasteiger partial charge < -0.3 is 20.6 Å². The number of nitrogens with zero attached hydrogens (tertiary/aromatic N) is 1. The Labute approximate surface area is 184 Å². The molecule has 0 aromatic carbocycles. The Balaban J connectivity index is 1.92. The fourth-order valence-corrected chi connectivity index (χ4v) is 8.06. The quantitative estimate of drug-likeness (QED) is 0.500. The summed E-state index contributed by atoms with van der Waals surface area (Å²) in [5, 5.41) is 14.9. The van der Waals surface area contributed by atoms with Gasteiger partial charge in [0.2, 0.25) is 17.7 Å². The Bertz CT molecular complexity index is 709. The van der Waals surface area contributed by atoms with Crippen molar-refractivity contribution in [1.82, 2.24) is 15.5 Å². The molecule has 3 fully saturated rings. The van der Waals surface area contributed by atoms with Crippen LogP contribution >= 0.6 is 11.8 Å². The van der Waals surface area contributed by atoms with E-state index >= 15 is 0 Å². The van der Waals surface area contributed by atoms with Crippen LogP contribution in [0.4, 0.5) is 0 Å². The molecule has 0 aromatic heterocycles. The minimum Gasteiger partial charge on any atom is -0.396 e. The molecule has 0 radical (unpaired) electrons. The first-order chi connectivity index (χ1) is 14.0. The van der Waals surface area contributed by atoms with Gasteiger partial charge in [-0.2, -0.15) is 0 Å². The van der Waals surface area contributed by atoms with Crippen molar-refractivity contribution in [2.24, 2.45) is 11.8 Å². The van der Waals surface area contributed by atoms with Gasteiger partial charge in [0.05, 0.1) is 16.6 Å². The van der Waals surface area contributed by atoms with Crippen LogP contribution in [0.25, 0.3) is 0 Å². The number of hydrogen-bond acceptors (Lipinski definition) is 5. The van der Waals surface area contributed by atoms with Gasteiger partial charge in [-0.1, -0.05) is 12.8 Å². The van der Waals surface area contributed by atoms with Crippen molar-refractivity contribution in [2.45, 2.75) is 87.3 Å². The van der Waals surface area contributed by atoms with Crippen molar-refractivity contribution in [3.05, 3.63) is 0 Å². The first-order valence-electron chi connectivity index (χ1n) is 11.2. The van der Waals surface area contributed by atoms with E-state index in [4.69, 9.17) is 5.11 Å². The summed E-state index contributed by atoms with van der Waals surface area (Å²) >= 11 is 1.70. The topological polar surface area (TPSA) is 98.7 Å². The Morgan fingerprint density at radius 3 is 2.43 bits per heavy atom. The van der Waals surface area contributed by atoms with Crippen LogP contribution in [-0.4, -0.2) is 69.0 Å². The largest absolute Gasteiger partial charge is 0.396 e. The number of aliphatic hydroxyl groups excluding tert-OH is 1. The zero-order valence-corrected chi connectivity index (χ0v) is 19.7. The average Bonchev–Trinajstić information content (AvgIpc) is 3.21. The molecule has 0 aliphatic carbocycles. The molecular weight excluding hydrogens is 402 g/mol. The number of carbonyl (C=O) groups is 3. The summed E-state index contributed by atoms with van der Waals surface area (Å²) in [6.45, 7) is 8.61. The van der Waals surface area contributed by atoms with Crippen LogP contribution in [0.3, 0.4) is 0 Å². The number of thioether (sulfide) groups is 1. The maximum absolute atomic E-state index is 13.7. The van der Waals surface area contributed by atoms with Crippen molar-refractivity contribution in [1.29, 1.82) is 0 Å². The Morgan fingerprint density at radius 1 is 1.17 bits per heavy atom. The molecule has 170 valence electrons. The number of amides is 3. The SMILES string of the molecule is CNC(=O)[C@@H]1[C@H]2C(=O)N(CCCCCCO)C(C(=O)NC(C)(C)C)C23CC[C@@]1(C)S3. The van der Waals surface area contributed by atoms with E-state index in [-0.39, 0.29) is 29.1 Å². The van der Waals surface area contributed by atoms with Crippen molar-refractivity contribution in [3.8, 4) is 0 Å². The third kappa shape index (κ3) is 3.85. The minimum absolute atomic E-state index is 0.0456. The summed E-state index contributed by atoms with van der Waals surface area (Å²) in [7, 11) is 1.62. The first-order valence-corrected chi connectivity index (χ1v) is 12.0. The second kappa shape index (κ2) is 8.34. The van der Waals surface area contributed by atoms with Gasteiger partial charge in [0, 0.05) is 30.5 Å². The van der Waals surface area contributed by atoms with Crippen LogP contribution in [-0.2, 0) is 14.4 Å². The molecule has 3 rings (SSSR count). The van der Waals surface area contributed by atoms with Crippen LogP contribution in [0, 0.1) is 11.8 Å². The molecule has 8 heteroatoms. The van der Waals surface area contributed by atoms with E-state index < -0.39 is 28.2 Å². The maximum Gasteiger partial charge on any atom is 0.244 e. The van der Waals surface area contributed by atoms with Gasteiger partial charge in [0.25, 0.3) is 0 Å². The lowest BCUT2D eigenvalue weighted by molar-refractivity contribution is -0.140. The van der Waals surface area contributed by atoms with Crippen molar-refractivity contribution in [3.63, 3.8) is 0 Å². The fraction of sp³-hybridized carbons (Fsp3) is 0.864. The average molecular weight is 440 g/mol. The lowest BCUT2D eigenvalue weighted by Gasteiger charge is -2.36. The predicted molar refractivity (Wildman–Crippen MR) is 118 cm³/mol. The molecule has 30 heavy (non-hydrogen) atoms. The molecule has 3 saturated heterocycles. The molecule has 3 heterocycles. The molecule has 3 aliphatic heterocycles. The van der Waals surface area contributed by atoms with Gasteiger partial charge in [-0.15, -0.1) is 11.8 Å². The number of fused-ring (bicyclic) bond motifs is 1. The van der Waals surface area contributed by atoms with E-state index in [1.165, 1.54) is 0 Å². The Hall–Kier alpha value is -1.28. The van der Waals surface area contributed by atoms with E-state index in [9.17, 15) is 14.4 Å². The Kier molecular flexibility index (Phi) is 6.50. The third-order valence-corrected chi connectivity index (χ3v) is 8.84. The molecular formula is C22H37N3O4S. The number of rotatable bonds is 8. The van der Waals surface area contributed by atoms with E-state index in [1.807, 2.05) is 20.8 Å². The van der Waals surface area contributed by atoms with Gasteiger partial charge in [0.1, 0.15) is 6.04 Å². The van der Waals surface area contributed by atoms with Crippen LogP contribution in [0.5, 0.6) is 0 Å². The number of likely N-dealkylation sites (tertiary alicyclic amines) is 1. The lowest BCUT2D eigenvalue weighted by atomic mass is 9.66. The van der Waals surface area contributed by atoms with E-state index in [1.54, 1.807) is 23.7 Å².